The van der Waals surface area contributed by atoms with Crippen molar-refractivity contribution in [2.75, 3.05) is 13.7 Å². The first-order chi connectivity index (χ1) is 9.22. The predicted octanol–water partition coefficient (Wildman–Crippen LogP) is 1.87. The summed E-state index contributed by atoms with van der Waals surface area (Å²) in [6, 6.07) is 0. The molecule has 0 saturated carbocycles. The Balaban J connectivity index is -0.000000234. The van der Waals surface area contributed by atoms with E-state index in [2.05, 4.69) is 28.4 Å². The summed E-state index contributed by atoms with van der Waals surface area (Å²) in [5.41, 5.74) is 4.46. The van der Waals surface area contributed by atoms with Gasteiger partial charge in [-0.1, -0.05) is 26.5 Å². The molecule has 0 atom stereocenters. The summed E-state index contributed by atoms with van der Waals surface area (Å²) >= 11 is 0. The number of methoxy groups -OCH3 is 1. The zero-order valence-corrected chi connectivity index (χ0v) is 12.2. The van der Waals surface area contributed by atoms with Crippen molar-refractivity contribution in [3.05, 3.63) is 24.8 Å². The number of amides is 1. The van der Waals surface area contributed by atoms with E-state index in [1.165, 1.54) is 13.2 Å². The molecular formula is C13H23NO6. The highest BCUT2D eigenvalue weighted by molar-refractivity contribution is 5.86. The van der Waals surface area contributed by atoms with Gasteiger partial charge in [-0.25, -0.2) is 14.4 Å². The van der Waals surface area contributed by atoms with Crippen molar-refractivity contribution >= 4 is 18.0 Å². The second-order valence-corrected chi connectivity index (χ2v) is 3.34. The highest BCUT2D eigenvalue weighted by Gasteiger charge is 1.95. The fourth-order valence-electron chi connectivity index (χ4n) is 0.550. The lowest BCUT2D eigenvalue weighted by Gasteiger charge is -1.97. The highest BCUT2D eigenvalue weighted by atomic mass is 16.5. The van der Waals surface area contributed by atoms with Crippen LogP contribution in [0.2, 0.25) is 0 Å². The predicted molar refractivity (Wildman–Crippen MR) is 75.1 cm³/mol. The van der Waals surface area contributed by atoms with Gasteiger partial charge in [-0.2, -0.15) is 0 Å². The number of nitrogens with two attached hydrogens (primary N) is 1. The summed E-state index contributed by atoms with van der Waals surface area (Å²) in [5, 5.41) is 7.19. The van der Waals surface area contributed by atoms with Gasteiger partial charge in [0.15, 0.2) is 0 Å². The standard InChI is InChI=1S/C7H12O2.C5H8O2.CH3NO2/c1-3-5-6-9-7(8)4-2;1-4(2)5(6)7-3;2-1(3)4/h4H,2-3,5-6H2,1H3;1H2,2-3H3;2H2,(H,3,4). The lowest BCUT2D eigenvalue weighted by molar-refractivity contribution is -0.138. The Kier molecular flexibility index (Phi) is 19.1. The van der Waals surface area contributed by atoms with Gasteiger partial charge in [-0.3, -0.25) is 0 Å². The molecule has 0 aromatic carbocycles. The fourth-order valence-corrected chi connectivity index (χ4v) is 0.550. The topological polar surface area (TPSA) is 116 Å². The van der Waals surface area contributed by atoms with Crippen LogP contribution in [-0.2, 0) is 19.1 Å². The number of carbonyl (C=O) groups excluding carboxylic acids is 2. The van der Waals surface area contributed by atoms with Crippen molar-refractivity contribution < 1.29 is 29.0 Å². The van der Waals surface area contributed by atoms with E-state index in [0.717, 1.165) is 12.8 Å². The van der Waals surface area contributed by atoms with Gasteiger partial charge in [-0.15, -0.1) is 0 Å². The Labute approximate surface area is 119 Å². The third-order valence-electron chi connectivity index (χ3n) is 1.44. The van der Waals surface area contributed by atoms with Crippen LogP contribution in [0.1, 0.15) is 26.7 Å². The zero-order chi connectivity index (χ0) is 16.6. The zero-order valence-electron chi connectivity index (χ0n) is 12.2. The second kappa shape index (κ2) is 16.7. The number of carbonyl (C=O) groups is 3. The lowest BCUT2D eigenvalue weighted by atomic mass is 10.4. The van der Waals surface area contributed by atoms with Crippen molar-refractivity contribution in [1.29, 1.82) is 0 Å². The molecule has 0 fully saturated rings. The fraction of sp³-hybridized carbons (Fsp3) is 0.462. The van der Waals surface area contributed by atoms with Gasteiger partial charge in [0.25, 0.3) is 0 Å². The van der Waals surface area contributed by atoms with E-state index < -0.39 is 6.09 Å². The molecule has 7 heteroatoms. The van der Waals surface area contributed by atoms with E-state index in [1.54, 1.807) is 6.92 Å². The maximum Gasteiger partial charge on any atom is 0.402 e. The largest absolute Gasteiger partial charge is 0.466 e. The molecule has 0 unspecified atom stereocenters. The van der Waals surface area contributed by atoms with E-state index >= 15 is 0 Å². The summed E-state index contributed by atoms with van der Waals surface area (Å²) < 4.78 is 8.95. The highest BCUT2D eigenvalue weighted by Crippen LogP contribution is 1.88. The summed E-state index contributed by atoms with van der Waals surface area (Å²) in [5.74, 6) is -0.677. The number of carboxylic acid groups (broad SMARTS) is 1. The van der Waals surface area contributed by atoms with E-state index in [4.69, 9.17) is 9.90 Å². The Morgan fingerprint density at radius 1 is 1.35 bits per heavy atom. The minimum absolute atomic E-state index is 0.330. The number of hydrogen-bond acceptors (Lipinski definition) is 5. The van der Waals surface area contributed by atoms with E-state index in [0.29, 0.717) is 12.2 Å². The van der Waals surface area contributed by atoms with Crippen LogP contribution in [0, 0.1) is 0 Å². The minimum atomic E-state index is -1.33. The number of hydrogen-bond donors (Lipinski definition) is 2. The second-order valence-electron chi connectivity index (χ2n) is 3.34. The Hall–Kier alpha value is -2.31. The van der Waals surface area contributed by atoms with Crippen LogP contribution >= 0.6 is 0 Å². The van der Waals surface area contributed by atoms with Crippen LogP contribution < -0.4 is 5.73 Å². The molecule has 7 nitrogen and oxygen atoms in total. The molecule has 116 valence electrons. The first kappa shape index (κ1) is 22.8. The number of esters is 2. The average Bonchev–Trinajstić information content (AvgIpc) is 2.37. The summed E-state index contributed by atoms with van der Waals surface area (Å²) in [6.45, 7) is 10.8. The Bertz CT molecular complexity index is 321. The van der Waals surface area contributed by atoms with Gasteiger partial charge in [0.1, 0.15) is 0 Å². The van der Waals surface area contributed by atoms with E-state index in [1.807, 2.05) is 6.92 Å². The maximum atomic E-state index is 10.3. The molecule has 0 heterocycles. The van der Waals surface area contributed by atoms with Crippen molar-refractivity contribution in [2.45, 2.75) is 26.7 Å². The number of ether oxygens (including phenoxy) is 2. The van der Waals surface area contributed by atoms with Crippen LogP contribution in [-0.4, -0.2) is 36.9 Å². The van der Waals surface area contributed by atoms with E-state index in [9.17, 15) is 9.59 Å². The van der Waals surface area contributed by atoms with Gasteiger partial charge in [0, 0.05) is 11.6 Å². The van der Waals surface area contributed by atoms with Crippen LogP contribution in [0.25, 0.3) is 0 Å². The molecule has 0 aliphatic rings. The molecule has 1 amide bonds. The number of unbranched alkanes of at least 4 members (excludes halogenated alkanes) is 1. The average molecular weight is 289 g/mol. The normalized spacial score (nSPS) is 7.75. The van der Waals surface area contributed by atoms with Gasteiger partial charge in [-0.05, 0) is 13.3 Å². The minimum Gasteiger partial charge on any atom is -0.466 e. The molecule has 0 saturated heterocycles. The van der Waals surface area contributed by atoms with Crippen LogP contribution in [0.4, 0.5) is 4.79 Å². The summed E-state index contributed by atoms with van der Waals surface area (Å²) in [7, 11) is 1.33. The quantitative estimate of drug-likeness (QED) is 0.453. The smallest absolute Gasteiger partial charge is 0.402 e. The van der Waals surface area contributed by atoms with Crippen molar-refractivity contribution in [3.8, 4) is 0 Å². The molecule has 3 N–H and O–H groups in total. The molecule has 0 radical (unpaired) electrons. The SMILES string of the molecule is C=C(C)C(=O)OC.C=CC(=O)OCCCC.NC(=O)O. The Morgan fingerprint density at radius 3 is 2.00 bits per heavy atom. The monoisotopic (exact) mass is 289 g/mol. The van der Waals surface area contributed by atoms with Crippen LogP contribution in [0.5, 0.6) is 0 Å². The number of rotatable bonds is 5. The summed E-state index contributed by atoms with van der Waals surface area (Å²) in [4.78, 5) is 29.3. The molecule has 0 aliphatic carbocycles. The molecule has 20 heavy (non-hydrogen) atoms. The Morgan fingerprint density at radius 2 is 1.80 bits per heavy atom. The molecule has 0 rings (SSSR count). The third kappa shape index (κ3) is 29.6. The first-order valence-corrected chi connectivity index (χ1v) is 5.74. The lowest BCUT2D eigenvalue weighted by Crippen LogP contribution is -2.03. The molecular weight excluding hydrogens is 266 g/mol. The van der Waals surface area contributed by atoms with Gasteiger partial charge < -0.3 is 20.3 Å². The first-order valence-electron chi connectivity index (χ1n) is 5.74. The maximum absolute atomic E-state index is 10.3. The van der Waals surface area contributed by atoms with Gasteiger partial charge in [0.05, 0.1) is 13.7 Å². The van der Waals surface area contributed by atoms with Crippen molar-refractivity contribution in [3.63, 3.8) is 0 Å². The molecule has 0 aromatic rings. The van der Waals surface area contributed by atoms with Gasteiger partial charge >= 0.3 is 18.0 Å². The molecule has 0 spiro atoms. The van der Waals surface area contributed by atoms with Crippen molar-refractivity contribution in [2.24, 2.45) is 5.73 Å². The van der Waals surface area contributed by atoms with E-state index in [-0.39, 0.29) is 11.9 Å². The van der Waals surface area contributed by atoms with Crippen LogP contribution in [0.15, 0.2) is 24.8 Å². The molecule has 0 aliphatic heterocycles. The van der Waals surface area contributed by atoms with Crippen molar-refractivity contribution in [1.82, 2.24) is 0 Å². The molecule has 0 bridgehead atoms. The summed E-state index contributed by atoms with van der Waals surface area (Å²) in [6.07, 6.45) is 1.82. The van der Waals surface area contributed by atoms with Gasteiger partial charge in [0.2, 0.25) is 0 Å². The molecule has 0 aromatic heterocycles. The number of primary amides is 1. The third-order valence-corrected chi connectivity index (χ3v) is 1.44. The van der Waals surface area contributed by atoms with Crippen LogP contribution in [0.3, 0.4) is 0 Å².